The Bertz CT molecular complexity index is 613. The van der Waals surface area contributed by atoms with Crippen molar-refractivity contribution >= 4 is 5.82 Å². The number of aromatic nitrogens is 1. The van der Waals surface area contributed by atoms with Crippen LogP contribution >= 0.6 is 0 Å². The molecule has 1 aliphatic heterocycles. The van der Waals surface area contributed by atoms with Gasteiger partial charge in [-0.25, -0.2) is 4.98 Å². The van der Waals surface area contributed by atoms with Crippen molar-refractivity contribution in [3.05, 3.63) is 22.9 Å². The fraction of sp³-hybridized carbons (Fsp3) is 0.700. The summed E-state index contributed by atoms with van der Waals surface area (Å²) in [5, 5.41) is 12.9. The Morgan fingerprint density at radius 1 is 1.20 bits per heavy atom. The standard InChI is InChI=1S/C20H31N5/c1-3-24-8-10-25(11-9-24)15-16(2)14-22-20-18(13-21)12-17-6-4-5-7-19(17)23-20/h12,16H,3-11,14-15H2,1-2H3,(H,22,23)/t16-/m1/s1. The van der Waals surface area contributed by atoms with E-state index in [1.54, 1.807) is 0 Å². The number of anilines is 1. The van der Waals surface area contributed by atoms with E-state index in [0.29, 0.717) is 11.5 Å². The predicted octanol–water partition coefficient (Wildman–Crippen LogP) is 2.52. The van der Waals surface area contributed by atoms with E-state index in [4.69, 9.17) is 4.98 Å². The van der Waals surface area contributed by atoms with Crippen LogP contribution in [-0.4, -0.2) is 60.6 Å². The first-order chi connectivity index (χ1) is 12.2. The van der Waals surface area contributed by atoms with Crippen molar-refractivity contribution in [2.75, 3.05) is 51.1 Å². The van der Waals surface area contributed by atoms with E-state index in [1.165, 1.54) is 50.3 Å². The van der Waals surface area contributed by atoms with Crippen LogP contribution < -0.4 is 5.32 Å². The highest BCUT2D eigenvalue weighted by molar-refractivity contribution is 5.54. The first-order valence-electron chi connectivity index (χ1n) is 9.81. The van der Waals surface area contributed by atoms with Crippen LogP contribution in [0.2, 0.25) is 0 Å². The molecule has 0 aromatic carbocycles. The highest BCUT2D eigenvalue weighted by Crippen LogP contribution is 2.24. The summed E-state index contributed by atoms with van der Waals surface area (Å²) in [5.74, 6) is 1.32. The van der Waals surface area contributed by atoms with E-state index in [2.05, 4.69) is 41.1 Å². The van der Waals surface area contributed by atoms with Crippen molar-refractivity contribution in [2.45, 2.75) is 39.5 Å². The molecule has 1 aromatic rings. The van der Waals surface area contributed by atoms with Crippen LogP contribution in [-0.2, 0) is 12.8 Å². The smallest absolute Gasteiger partial charge is 0.144 e. The summed E-state index contributed by atoms with van der Waals surface area (Å²) in [5.41, 5.74) is 3.16. The zero-order valence-electron chi connectivity index (χ0n) is 15.7. The number of hydrogen-bond acceptors (Lipinski definition) is 5. The summed E-state index contributed by atoms with van der Waals surface area (Å²) in [6.07, 6.45) is 4.55. The molecule has 1 atom stereocenters. The van der Waals surface area contributed by atoms with Gasteiger partial charge in [-0.1, -0.05) is 13.8 Å². The van der Waals surface area contributed by atoms with Crippen LogP contribution in [0.5, 0.6) is 0 Å². The Morgan fingerprint density at radius 3 is 2.64 bits per heavy atom. The maximum absolute atomic E-state index is 9.45. The second-order valence-electron chi connectivity index (χ2n) is 7.53. The Hall–Kier alpha value is -1.64. The fourth-order valence-corrected chi connectivity index (χ4v) is 3.92. The Labute approximate surface area is 152 Å². The lowest BCUT2D eigenvalue weighted by atomic mass is 9.95. The minimum absolute atomic E-state index is 0.539. The molecule has 1 N–H and O–H groups in total. The zero-order chi connectivity index (χ0) is 17.6. The molecule has 3 rings (SSSR count). The molecular weight excluding hydrogens is 310 g/mol. The summed E-state index contributed by atoms with van der Waals surface area (Å²) < 4.78 is 0. The number of rotatable bonds is 6. The lowest BCUT2D eigenvalue weighted by molar-refractivity contribution is 0.126. The number of fused-ring (bicyclic) bond motifs is 1. The van der Waals surface area contributed by atoms with Gasteiger partial charge in [0, 0.05) is 45.0 Å². The van der Waals surface area contributed by atoms with Gasteiger partial charge in [0.2, 0.25) is 0 Å². The SMILES string of the molecule is CCN1CCN(C[C@H](C)CNc2nc3c(cc2C#N)CCCC3)CC1. The van der Waals surface area contributed by atoms with Crippen molar-refractivity contribution in [2.24, 2.45) is 5.92 Å². The number of pyridine rings is 1. The number of piperazine rings is 1. The van der Waals surface area contributed by atoms with Crippen molar-refractivity contribution in [3.8, 4) is 6.07 Å². The summed E-state index contributed by atoms with van der Waals surface area (Å²) >= 11 is 0. The average Bonchev–Trinajstić information content (AvgIpc) is 2.66. The second kappa shape index (κ2) is 8.64. The molecule has 5 heteroatoms. The summed E-state index contributed by atoms with van der Waals surface area (Å²) in [6.45, 7) is 12.3. The number of likely N-dealkylation sites (N-methyl/N-ethyl adjacent to an activating group) is 1. The van der Waals surface area contributed by atoms with Gasteiger partial charge in [-0.15, -0.1) is 0 Å². The zero-order valence-corrected chi connectivity index (χ0v) is 15.7. The topological polar surface area (TPSA) is 55.2 Å². The molecule has 136 valence electrons. The van der Waals surface area contributed by atoms with Gasteiger partial charge in [0.15, 0.2) is 0 Å². The van der Waals surface area contributed by atoms with Crippen LogP contribution in [0.15, 0.2) is 6.07 Å². The maximum atomic E-state index is 9.45. The third-order valence-corrected chi connectivity index (χ3v) is 5.52. The van der Waals surface area contributed by atoms with Crippen LogP contribution in [0, 0.1) is 17.2 Å². The molecule has 1 fully saturated rings. The third-order valence-electron chi connectivity index (χ3n) is 5.52. The van der Waals surface area contributed by atoms with Crippen molar-refractivity contribution in [1.29, 1.82) is 5.26 Å². The Balaban J connectivity index is 1.53. The second-order valence-corrected chi connectivity index (χ2v) is 7.53. The first kappa shape index (κ1) is 18.2. The molecule has 0 saturated carbocycles. The van der Waals surface area contributed by atoms with E-state index >= 15 is 0 Å². The molecule has 0 spiro atoms. The highest BCUT2D eigenvalue weighted by atomic mass is 15.3. The molecule has 2 aliphatic rings. The maximum Gasteiger partial charge on any atom is 0.144 e. The summed E-state index contributed by atoms with van der Waals surface area (Å²) in [4.78, 5) is 9.84. The number of nitriles is 1. The molecule has 5 nitrogen and oxygen atoms in total. The van der Waals surface area contributed by atoms with Gasteiger partial charge in [-0.3, -0.25) is 0 Å². The van der Waals surface area contributed by atoms with Gasteiger partial charge < -0.3 is 15.1 Å². The van der Waals surface area contributed by atoms with Gasteiger partial charge in [0.1, 0.15) is 11.9 Å². The van der Waals surface area contributed by atoms with E-state index in [1.807, 2.05) is 0 Å². The molecule has 0 unspecified atom stereocenters. The molecule has 2 heterocycles. The Kier molecular flexibility index (Phi) is 6.28. The number of nitrogens with one attached hydrogen (secondary N) is 1. The number of aryl methyl sites for hydroxylation is 2. The van der Waals surface area contributed by atoms with Gasteiger partial charge in [-0.05, 0) is 49.8 Å². The predicted molar refractivity (Wildman–Crippen MR) is 102 cm³/mol. The monoisotopic (exact) mass is 341 g/mol. The fourth-order valence-electron chi connectivity index (χ4n) is 3.92. The Morgan fingerprint density at radius 2 is 1.92 bits per heavy atom. The molecular formula is C20H31N5. The van der Waals surface area contributed by atoms with E-state index in [9.17, 15) is 5.26 Å². The minimum atomic E-state index is 0.539. The lowest BCUT2D eigenvalue weighted by Crippen LogP contribution is -2.47. The van der Waals surface area contributed by atoms with Crippen molar-refractivity contribution in [3.63, 3.8) is 0 Å². The van der Waals surface area contributed by atoms with Crippen LogP contribution in [0.3, 0.4) is 0 Å². The molecule has 0 amide bonds. The van der Waals surface area contributed by atoms with Crippen molar-refractivity contribution in [1.82, 2.24) is 14.8 Å². The van der Waals surface area contributed by atoms with E-state index in [-0.39, 0.29) is 0 Å². The van der Waals surface area contributed by atoms with Gasteiger partial charge in [-0.2, -0.15) is 5.26 Å². The van der Waals surface area contributed by atoms with E-state index in [0.717, 1.165) is 38.3 Å². The molecule has 1 saturated heterocycles. The van der Waals surface area contributed by atoms with Crippen LogP contribution in [0.1, 0.15) is 43.5 Å². The molecule has 25 heavy (non-hydrogen) atoms. The van der Waals surface area contributed by atoms with Crippen LogP contribution in [0.25, 0.3) is 0 Å². The largest absolute Gasteiger partial charge is 0.369 e. The summed E-state index contributed by atoms with van der Waals surface area (Å²) in [6, 6.07) is 4.38. The lowest BCUT2D eigenvalue weighted by Gasteiger charge is -2.35. The van der Waals surface area contributed by atoms with Gasteiger partial charge >= 0.3 is 0 Å². The number of nitrogens with zero attached hydrogens (tertiary/aromatic N) is 4. The third kappa shape index (κ3) is 4.71. The molecule has 0 radical (unpaired) electrons. The minimum Gasteiger partial charge on any atom is -0.369 e. The highest BCUT2D eigenvalue weighted by Gasteiger charge is 2.18. The van der Waals surface area contributed by atoms with Gasteiger partial charge in [0.25, 0.3) is 0 Å². The van der Waals surface area contributed by atoms with E-state index < -0.39 is 0 Å². The first-order valence-corrected chi connectivity index (χ1v) is 9.81. The summed E-state index contributed by atoms with van der Waals surface area (Å²) in [7, 11) is 0. The quantitative estimate of drug-likeness (QED) is 0.862. The van der Waals surface area contributed by atoms with Crippen LogP contribution in [0.4, 0.5) is 5.82 Å². The molecule has 1 aromatic heterocycles. The number of hydrogen-bond donors (Lipinski definition) is 1. The van der Waals surface area contributed by atoms with Gasteiger partial charge in [0.05, 0.1) is 5.56 Å². The molecule has 1 aliphatic carbocycles. The average molecular weight is 342 g/mol. The van der Waals surface area contributed by atoms with Crippen molar-refractivity contribution < 1.29 is 0 Å². The normalized spacial score (nSPS) is 19.9. The molecule has 0 bridgehead atoms.